The molecule has 4 rings (SSSR count). The molecule has 0 unspecified atom stereocenters. The molecule has 0 spiro atoms. The molecule has 1 heterocycles. The number of hydrogen-bond donors (Lipinski definition) is 1. The van der Waals surface area contributed by atoms with Gasteiger partial charge in [0.15, 0.2) is 17.5 Å². The van der Waals surface area contributed by atoms with E-state index < -0.39 is 29.0 Å². The molecule has 1 aromatic heterocycles. The van der Waals surface area contributed by atoms with Gasteiger partial charge in [-0.1, -0.05) is 18.2 Å². The number of carbonyl (C=O) groups is 1. The van der Waals surface area contributed by atoms with Crippen molar-refractivity contribution in [2.45, 2.75) is 0 Å². The van der Waals surface area contributed by atoms with Crippen LogP contribution in [0.3, 0.4) is 0 Å². The van der Waals surface area contributed by atoms with Crippen LogP contribution in [0.4, 0.5) is 13.2 Å². The number of hydrogen-bond acceptors (Lipinski definition) is 3. The average Bonchev–Trinajstić information content (AvgIpc) is 2.72. The van der Waals surface area contributed by atoms with E-state index in [-0.39, 0.29) is 22.3 Å². The highest BCUT2D eigenvalue weighted by Gasteiger charge is 2.17. The second kappa shape index (κ2) is 7.27. The van der Waals surface area contributed by atoms with Gasteiger partial charge < -0.3 is 9.72 Å². The lowest BCUT2D eigenvalue weighted by molar-refractivity contribution is 0.0735. The van der Waals surface area contributed by atoms with Crippen molar-refractivity contribution in [3.05, 3.63) is 100 Å². The van der Waals surface area contributed by atoms with E-state index >= 15 is 0 Å². The number of nitrogens with one attached hydrogen (secondary N) is 1. The van der Waals surface area contributed by atoms with Crippen molar-refractivity contribution in [1.82, 2.24) is 4.98 Å². The Morgan fingerprint density at radius 3 is 2.28 bits per heavy atom. The number of carbonyl (C=O) groups excluding carboxylic acids is 1. The number of aromatic amines is 1. The number of pyridine rings is 1. The van der Waals surface area contributed by atoms with Gasteiger partial charge in [0, 0.05) is 11.6 Å². The molecule has 1 N–H and O–H groups in total. The smallest absolute Gasteiger partial charge is 0.343 e. The first-order chi connectivity index (χ1) is 13.9. The fourth-order valence-electron chi connectivity index (χ4n) is 3.01. The van der Waals surface area contributed by atoms with Crippen molar-refractivity contribution < 1.29 is 22.7 Å². The number of fused-ring (bicyclic) bond motifs is 1. The molecule has 0 aliphatic carbocycles. The van der Waals surface area contributed by atoms with Crippen LogP contribution < -0.4 is 10.3 Å². The number of esters is 1. The fraction of sp³-hybridized carbons (Fsp3) is 0. The van der Waals surface area contributed by atoms with Gasteiger partial charge >= 0.3 is 5.97 Å². The van der Waals surface area contributed by atoms with Crippen molar-refractivity contribution in [2.24, 2.45) is 0 Å². The maximum absolute atomic E-state index is 13.7. The van der Waals surface area contributed by atoms with Gasteiger partial charge in [0.25, 0.3) is 5.56 Å². The molecule has 0 saturated heterocycles. The minimum atomic E-state index is -1.62. The molecule has 0 atom stereocenters. The van der Waals surface area contributed by atoms with E-state index in [4.69, 9.17) is 4.74 Å². The first-order valence-corrected chi connectivity index (χ1v) is 8.51. The van der Waals surface area contributed by atoms with Crippen LogP contribution in [0.15, 0.2) is 71.7 Å². The van der Waals surface area contributed by atoms with E-state index in [2.05, 4.69) is 4.98 Å². The van der Waals surface area contributed by atoms with Crippen molar-refractivity contribution in [1.29, 1.82) is 0 Å². The Hall–Kier alpha value is -3.87. The predicted octanol–water partition coefficient (Wildman–Crippen LogP) is 4.83. The van der Waals surface area contributed by atoms with Crippen molar-refractivity contribution in [3.8, 4) is 16.9 Å². The van der Waals surface area contributed by atoms with Gasteiger partial charge in [-0.05, 0) is 53.4 Å². The highest BCUT2D eigenvalue weighted by Crippen LogP contribution is 2.30. The van der Waals surface area contributed by atoms with Crippen LogP contribution >= 0.6 is 0 Å². The summed E-state index contributed by atoms with van der Waals surface area (Å²) in [6.07, 6.45) is 1.42. The van der Waals surface area contributed by atoms with Gasteiger partial charge in [0.05, 0.1) is 11.1 Å². The molecule has 0 aliphatic heterocycles. The first-order valence-electron chi connectivity index (χ1n) is 8.51. The zero-order valence-corrected chi connectivity index (χ0v) is 14.7. The summed E-state index contributed by atoms with van der Waals surface area (Å²) in [5.74, 6) is -4.91. The van der Waals surface area contributed by atoms with E-state index in [9.17, 15) is 22.8 Å². The molecule has 0 aliphatic rings. The van der Waals surface area contributed by atoms with Crippen LogP contribution in [0, 0.1) is 17.5 Å². The lowest BCUT2D eigenvalue weighted by atomic mass is 10.00. The molecule has 4 nitrogen and oxygen atoms in total. The van der Waals surface area contributed by atoms with E-state index in [0.717, 1.165) is 12.1 Å². The molecular formula is C22H12F3NO3. The molecule has 0 radical (unpaired) electrons. The molecule has 0 bridgehead atoms. The van der Waals surface area contributed by atoms with Crippen molar-refractivity contribution in [2.75, 3.05) is 0 Å². The second-order valence-electron chi connectivity index (χ2n) is 6.25. The van der Waals surface area contributed by atoms with Crippen LogP contribution in [0.2, 0.25) is 0 Å². The van der Waals surface area contributed by atoms with E-state index in [1.54, 1.807) is 36.4 Å². The largest absolute Gasteiger partial charge is 0.423 e. The average molecular weight is 395 g/mol. The maximum Gasteiger partial charge on any atom is 0.343 e. The summed E-state index contributed by atoms with van der Waals surface area (Å²) in [6.45, 7) is 0. The first kappa shape index (κ1) is 18.5. The topological polar surface area (TPSA) is 59.2 Å². The Morgan fingerprint density at radius 1 is 0.897 bits per heavy atom. The van der Waals surface area contributed by atoms with Crippen LogP contribution in [0.1, 0.15) is 10.4 Å². The van der Waals surface area contributed by atoms with Gasteiger partial charge in [0.1, 0.15) is 5.75 Å². The third kappa shape index (κ3) is 3.50. The molecule has 144 valence electrons. The molecular weight excluding hydrogens is 383 g/mol. The van der Waals surface area contributed by atoms with Gasteiger partial charge in [-0.2, -0.15) is 0 Å². The molecule has 4 aromatic rings. The van der Waals surface area contributed by atoms with E-state index in [1.165, 1.54) is 18.3 Å². The number of benzene rings is 3. The second-order valence-corrected chi connectivity index (χ2v) is 6.25. The minimum absolute atomic E-state index is 0.0714. The molecule has 3 aromatic carbocycles. The lowest BCUT2D eigenvalue weighted by Gasteiger charge is -2.10. The normalized spacial score (nSPS) is 10.9. The van der Waals surface area contributed by atoms with Gasteiger partial charge in [-0.15, -0.1) is 0 Å². The number of rotatable bonds is 3. The van der Waals surface area contributed by atoms with Crippen LogP contribution in [0.25, 0.3) is 21.9 Å². The van der Waals surface area contributed by atoms with Gasteiger partial charge in [0.2, 0.25) is 0 Å². The Kier molecular flexibility index (Phi) is 4.64. The number of H-pyrrole nitrogens is 1. The number of aromatic nitrogens is 1. The Bertz CT molecular complexity index is 1280. The summed E-state index contributed by atoms with van der Waals surface area (Å²) < 4.78 is 46.1. The van der Waals surface area contributed by atoms with Crippen LogP contribution in [0.5, 0.6) is 5.75 Å². The summed E-state index contributed by atoms with van der Waals surface area (Å²) in [5.41, 5.74) is -0.506. The van der Waals surface area contributed by atoms with E-state index in [0.29, 0.717) is 10.9 Å². The fourth-order valence-corrected chi connectivity index (χ4v) is 3.01. The highest BCUT2D eigenvalue weighted by molar-refractivity contribution is 5.97. The zero-order chi connectivity index (χ0) is 20.5. The summed E-state index contributed by atoms with van der Waals surface area (Å²) in [4.78, 5) is 27.1. The molecule has 0 amide bonds. The summed E-state index contributed by atoms with van der Waals surface area (Å²) >= 11 is 0. The molecule has 0 saturated carbocycles. The van der Waals surface area contributed by atoms with Gasteiger partial charge in [-0.25, -0.2) is 18.0 Å². The lowest BCUT2D eigenvalue weighted by Crippen LogP contribution is -2.10. The summed E-state index contributed by atoms with van der Waals surface area (Å²) in [6, 6.07) is 14.3. The highest BCUT2D eigenvalue weighted by atomic mass is 19.2. The quantitative estimate of drug-likeness (QED) is 0.307. The van der Waals surface area contributed by atoms with Gasteiger partial charge in [-0.3, -0.25) is 4.79 Å². The Balaban J connectivity index is 1.83. The third-order valence-electron chi connectivity index (χ3n) is 4.37. The molecule has 0 fully saturated rings. The van der Waals surface area contributed by atoms with Crippen molar-refractivity contribution in [3.63, 3.8) is 0 Å². The number of halogens is 3. The summed E-state index contributed by atoms with van der Waals surface area (Å²) in [7, 11) is 0. The Labute approximate surface area is 162 Å². The van der Waals surface area contributed by atoms with Crippen molar-refractivity contribution >= 4 is 16.7 Å². The molecule has 29 heavy (non-hydrogen) atoms. The maximum atomic E-state index is 13.7. The predicted molar refractivity (Wildman–Crippen MR) is 101 cm³/mol. The zero-order valence-electron chi connectivity index (χ0n) is 14.7. The standard InChI is InChI=1S/C22H12F3NO3/c23-17-8-14(9-18(24)20(17)25)19-16-10-15(7-6-13(16)11-26-21(19)27)29-22(28)12-4-2-1-3-5-12/h1-11H,(H,26,27). The van der Waals surface area contributed by atoms with Crippen LogP contribution in [-0.2, 0) is 0 Å². The van der Waals surface area contributed by atoms with Crippen LogP contribution in [-0.4, -0.2) is 11.0 Å². The Morgan fingerprint density at radius 2 is 1.59 bits per heavy atom. The summed E-state index contributed by atoms with van der Waals surface area (Å²) in [5, 5.41) is 0.821. The van der Waals surface area contributed by atoms with E-state index in [1.807, 2.05) is 0 Å². The third-order valence-corrected chi connectivity index (χ3v) is 4.37. The SMILES string of the molecule is O=C(Oc1ccc2c[nH]c(=O)c(-c3cc(F)c(F)c(F)c3)c2c1)c1ccccc1. The number of ether oxygens (including phenoxy) is 1. The molecule has 7 heteroatoms. The monoisotopic (exact) mass is 395 g/mol. The minimum Gasteiger partial charge on any atom is -0.423 e.